The first-order valence-electron chi connectivity index (χ1n) is 9.13. The number of carbonyl (C=O) groups is 2. The van der Waals surface area contributed by atoms with E-state index in [0.29, 0.717) is 32.7 Å². The van der Waals surface area contributed by atoms with Crippen LogP contribution in [-0.4, -0.2) is 67.7 Å². The number of ether oxygens (including phenoxy) is 1. The van der Waals surface area contributed by atoms with Gasteiger partial charge in [-0.3, -0.25) is 9.69 Å². The van der Waals surface area contributed by atoms with Gasteiger partial charge in [-0.1, -0.05) is 30.3 Å². The summed E-state index contributed by atoms with van der Waals surface area (Å²) in [6, 6.07) is 10.3. The highest BCUT2D eigenvalue weighted by molar-refractivity contribution is 5.76. The number of amides is 2. The average molecular weight is 347 g/mol. The van der Waals surface area contributed by atoms with Crippen LogP contribution in [0, 0.1) is 0 Å². The largest absolute Gasteiger partial charge is 0.450 e. The SMILES string of the molecule is CCOC(=O)N1CCN(CCC(=O)NCCCc2ccccc2)CC1. The zero-order chi connectivity index (χ0) is 17.9. The molecule has 0 bridgehead atoms. The predicted molar refractivity (Wildman–Crippen MR) is 97.4 cm³/mol. The average Bonchev–Trinajstić information content (AvgIpc) is 2.65. The fraction of sp³-hybridized carbons (Fsp3) is 0.579. The molecule has 0 saturated carbocycles. The van der Waals surface area contributed by atoms with Gasteiger partial charge < -0.3 is 15.0 Å². The monoisotopic (exact) mass is 347 g/mol. The van der Waals surface area contributed by atoms with Crippen molar-refractivity contribution in [3.63, 3.8) is 0 Å². The van der Waals surface area contributed by atoms with E-state index < -0.39 is 0 Å². The number of hydrogen-bond donors (Lipinski definition) is 1. The summed E-state index contributed by atoms with van der Waals surface area (Å²) in [4.78, 5) is 27.5. The number of benzene rings is 1. The van der Waals surface area contributed by atoms with Crippen LogP contribution in [-0.2, 0) is 16.0 Å². The molecule has 1 aliphatic rings. The maximum atomic E-state index is 11.9. The predicted octanol–water partition coefficient (Wildman–Crippen LogP) is 1.90. The summed E-state index contributed by atoms with van der Waals surface area (Å²) in [5.41, 5.74) is 1.30. The molecule has 1 aromatic rings. The summed E-state index contributed by atoms with van der Waals surface area (Å²) in [7, 11) is 0. The van der Waals surface area contributed by atoms with Crippen molar-refractivity contribution in [3.05, 3.63) is 35.9 Å². The highest BCUT2D eigenvalue weighted by Crippen LogP contribution is 2.05. The highest BCUT2D eigenvalue weighted by atomic mass is 16.6. The first-order chi connectivity index (χ1) is 12.2. The Hall–Kier alpha value is -2.08. The van der Waals surface area contributed by atoms with E-state index in [1.165, 1.54) is 5.56 Å². The van der Waals surface area contributed by atoms with Crippen LogP contribution in [0.2, 0.25) is 0 Å². The van der Waals surface area contributed by atoms with Gasteiger partial charge >= 0.3 is 6.09 Å². The molecule has 138 valence electrons. The topological polar surface area (TPSA) is 61.9 Å². The first-order valence-corrected chi connectivity index (χ1v) is 9.13. The number of carbonyl (C=O) groups excluding carboxylic acids is 2. The molecule has 1 heterocycles. The Labute approximate surface area is 150 Å². The molecule has 0 atom stereocenters. The molecule has 2 amide bonds. The van der Waals surface area contributed by atoms with Gasteiger partial charge in [-0.25, -0.2) is 4.79 Å². The summed E-state index contributed by atoms with van der Waals surface area (Å²) in [5, 5.41) is 2.99. The van der Waals surface area contributed by atoms with Gasteiger partial charge in [0.15, 0.2) is 0 Å². The second-order valence-corrected chi connectivity index (χ2v) is 6.22. The van der Waals surface area contributed by atoms with Crippen LogP contribution in [0.25, 0.3) is 0 Å². The van der Waals surface area contributed by atoms with Crippen molar-refractivity contribution in [2.24, 2.45) is 0 Å². The van der Waals surface area contributed by atoms with E-state index in [1.54, 1.807) is 4.90 Å². The third-order valence-electron chi connectivity index (χ3n) is 4.36. The Morgan fingerprint density at radius 1 is 1.12 bits per heavy atom. The van der Waals surface area contributed by atoms with Crippen LogP contribution in [0.4, 0.5) is 4.79 Å². The molecule has 0 spiro atoms. The Bertz CT molecular complexity index is 528. The number of piperazine rings is 1. The van der Waals surface area contributed by atoms with E-state index in [-0.39, 0.29) is 12.0 Å². The van der Waals surface area contributed by atoms with Crippen molar-refractivity contribution in [3.8, 4) is 0 Å². The molecule has 6 heteroatoms. The molecule has 0 radical (unpaired) electrons. The zero-order valence-electron chi connectivity index (χ0n) is 15.1. The number of nitrogens with zero attached hydrogens (tertiary/aromatic N) is 2. The Morgan fingerprint density at radius 3 is 2.52 bits per heavy atom. The van der Waals surface area contributed by atoms with Gasteiger partial charge in [0.2, 0.25) is 5.91 Å². The fourth-order valence-corrected chi connectivity index (χ4v) is 2.88. The molecule has 0 aromatic heterocycles. The zero-order valence-corrected chi connectivity index (χ0v) is 15.1. The van der Waals surface area contributed by atoms with E-state index in [0.717, 1.165) is 32.5 Å². The van der Waals surface area contributed by atoms with Crippen LogP contribution in [0.3, 0.4) is 0 Å². The lowest BCUT2D eigenvalue weighted by Crippen LogP contribution is -2.49. The normalized spacial score (nSPS) is 15.0. The summed E-state index contributed by atoms with van der Waals surface area (Å²) < 4.78 is 5.01. The molecule has 0 aliphatic carbocycles. The molecule has 1 N–H and O–H groups in total. The van der Waals surface area contributed by atoms with Crippen LogP contribution in [0.5, 0.6) is 0 Å². The molecule has 25 heavy (non-hydrogen) atoms. The smallest absolute Gasteiger partial charge is 0.409 e. The molecule has 0 unspecified atom stereocenters. The quantitative estimate of drug-likeness (QED) is 0.730. The van der Waals surface area contributed by atoms with E-state index in [2.05, 4.69) is 22.3 Å². The van der Waals surface area contributed by atoms with Crippen molar-refractivity contribution < 1.29 is 14.3 Å². The van der Waals surface area contributed by atoms with E-state index in [9.17, 15) is 9.59 Å². The number of aryl methyl sites for hydroxylation is 1. The van der Waals surface area contributed by atoms with Gasteiger partial charge in [-0.05, 0) is 25.3 Å². The summed E-state index contributed by atoms with van der Waals surface area (Å²) in [6.45, 7) is 6.58. The molecule has 6 nitrogen and oxygen atoms in total. The van der Waals surface area contributed by atoms with Gasteiger partial charge in [0.05, 0.1) is 6.61 Å². The lowest BCUT2D eigenvalue weighted by molar-refractivity contribution is -0.121. The second kappa shape index (κ2) is 10.7. The Morgan fingerprint density at radius 2 is 1.84 bits per heavy atom. The van der Waals surface area contributed by atoms with Crippen molar-refractivity contribution in [2.75, 3.05) is 45.9 Å². The molecule has 1 aromatic carbocycles. The maximum Gasteiger partial charge on any atom is 0.409 e. The molecule has 1 aliphatic heterocycles. The fourth-order valence-electron chi connectivity index (χ4n) is 2.88. The van der Waals surface area contributed by atoms with Gasteiger partial charge in [-0.15, -0.1) is 0 Å². The molecular formula is C19H29N3O3. The standard InChI is InChI=1S/C19H29N3O3/c1-2-25-19(24)22-15-13-21(14-16-22)12-10-18(23)20-11-6-9-17-7-4-3-5-8-17/h3-5,7-8H,2,6,9-16H2,1H3,(H,20,23). The van der Waals surface area contributed by atoms with Gasteiger partial charge in [0, 0.05) is 45.7 Å². The highest BCUT2D eigenvalue weighted by Gasteiger charge is 2.21. The van der Waals surface area contributed by atoms with Crippen LogP contribution >= 0.6 is 0 Å². The summed E-state index contributed by atoms with van der Waals surface area (Å²) >= 11 is 0. The van der Waals surface area contributed by atoms with Gasteiger partial charge in [0.1, 0.15) is 0 Å². The molecule has 1 fully saturated rings. The Kier molecular flexibility index (Phi) is 8.25. The Balaban J connectivity index is 1.53. The first kappa shape index (κ1) is 19.2. The van der Waals surface area contributed by atoms with Crippen molar-refractivity contribution in [2.45, 2.75) is 26.2 Å². The maximum absolute atomic E-state index is 11.9. The van der Waals surface area contributed by atoms with Crippen LogP contribution < -0.4 is 5.32 Å². The molecule has 2 rings (SSSR count). The van der Waals surface area contributed by atoms with Crippen LogP contribution in [0.15, 0.2) is 30.3 Å². The second-order valence-electron chi connectivity index (χ2n) is 6.22. The lowest BCUT2D eigenvalue weighted by Gasteiger charge is -2.33. The third-order valence-corrected chi connectivity index (χ3v) is 4.36. The number of hydrogen-bond acceptors (Lipinski definition) is 4. The van der Waals surface area contributed by atoms with Gasteiger partial charge in [-0.2, -0.15) is 0 Å². The number of nitrogens with one attached hydrogen (secondary N) is 1. The van der Waals surface area contributed by atoms with Crippen molar-refractivity contribution in [1.82, 2.24) is 15.1 Å². The summed E-state index contributed by atoms with van der Waals surface area (Å²) in [5.74, 6) is 0.0980. The van der Waals surface area contributed by atoms with E-state index in [4.69, 9.17) is 4.74 Å². The third kappa shape index (κ3) is 7.13. The number of rotatable bonds is 8. The lowest BCUT2D eigenvalue weighted by atomic mass is 10.1. The molecular weight excluding hydrogens is 318 g/mol. The minimum atomic E-state index is -0.238. The minimum Gasteiger partial charge on any atom is -0.450 e. The van der Waals surface area contributed by atoms with E-state index >= 15 is 0 Å². The molecule has 1 saturated heterocycles. The van der Waals surface area contributed by atoms with Crippen molar-refractivity contribution >= 4 is 12.0 Å². The van der Waals surface area contributed by atoms with Crippen molar-refractivity contribution in [1.29, 1.82) is 0 Å². The van der Waals surface area contributed by atoms with E-state index in [1.807, 2.05) is 25.1 Å². The van der Waals surface area contributed by atoms with Crippen LogP contribution in [0.1, 0.15) is 25.3 Å². The minimum absolute atomic E-state index is 0.0980. The van der Waals surface area contributed by atoms with Gasteiger partial charge in [0.25, 0.3) is 0 Å². The summed E-state index contributed by atoms with van der Waals surface area (Å²) in [6.07, 6.45) is 2.20.